The Morgan fingerprint density at radius 1 is 1.08 bits per heavy atom. The van der Waals surface area contributed by atoms with Crippen LogP contribution in [0.25, 0.3) is 0 Å². The van der Waals surface area contributed by atoms with Gasteiger partial charge in [0.15, 0.2) is 5.44 Å². The van der Waals surface area contributed by atoms with Crippen LogP contribution in [0.4, 0.5) is 0 Å². The van der Waals surface area contributed by atoms with E-state index in [1.54, 1.807) is 33.1 Å². The van der Waals surface area contributed by atoms with Gasteiger partial charge in [0.05, 0.1) is 12.0 Å². The maximum atomic E-state index is 13.8. The Bertz CT molecular complexity index is 1200. The second-order valence-electron chi connectivity index (χ2n) is 10.7. The van der Waals surface area contributed by atoms with E-state index < -0.39 is 15.3 Å². The van der Waals surface area contributed by atoms with E-state index in [2.05, 4.69) is 39.6 Å². The number of aryl methyl sites for hydroxylation is 2. The predicted octanol–water partition coefficient (Wildman–Crippen LogP) is 2.24. The Morgan fingerprint density at radius 3 is 2.31 bits per heavy atom. The number of likely N-dealkylation sites (N-methyl/N-ethyl adjacent to an activating group) is 1. The van der Waals surface area contributed by atoms with Gasteiger partial charge in [0.1, 0.15) is 12.4 Å². The summed E-state index contributed by atoms with van der Waals surface area (Å²) >= 11 is 0. The van der Waals surface area contributed by atoms with Gasteiger partial charge in [-0.15, -0.1) is 0 Å². The minimum Gasteiger partial charge on any atom is -0.497 e. The third-order valence-corrected chi connectivity index (χ3v) is 9.87. The monoisotopic (exact) mass is 558 g/mol. The van der Waals surface area contributed by atoms with Crippen LogP contribution in [-0.2, 0) is 32.5 Å². The van der Waals surface area contributed by atoms with Crippen LogP contribution in [-0.4, -0.2) is 89.1 Å². The molecule has 10 heteroatoms. The molecule has 2 saturated heterocycles. The van der Waals surface area contributed by atoms with E-state index in [-0.39, 0.29) is 23.5 Å². The number of amides is 1. The summed E-state index contributed by atoms with van der Waals surface area (Å²) in [6.07, 6.45) is 1.53. The van der Waals surface area contributed by atoms with Crippen molar-refractivity contribution in [2.45, 2.75) is 56.2 Å². The molecule has 2 aliphatic rings. The molecule has 4 rings (SSSR count). The zero-order chi connectivity index (χ0) is 28.0. The number of methoxy groups -OCH3 is 1. The Labute approximate surface area is 232 Å². The molecule has 214 valence electrons. The summed E-state index contributed by atoms with van der Waals surface area (Å²) in [7, 11) is -0.175. The molecule has 2 unspecified atom stereocenters. The number of rotatable bonds is 11. The standard InChI is InChI=1S/C29H42N4O5S/c1-21-16-25(37-4)17-22(2)28(21)39(35,36)29(26-6-5-11-30-26)38-20-27(34)31-18-23-7-9-24(10-8-23)19-33-14-12-32(3)13-15-33/h7-10,16-17,26,29-30H,5-6,11-15,18-20H2,1-4H3,(H,31,34). The van der Waals surface area contributed by atoms with E-state index in [4.69, 9.17) is 9.47 Å². The fourth-order valence-electron chi connectivity index (χ4n) is 5.40. The number of sulfone groups is 1. The molecular weight excluding hydrogens is 516 g/mol. The van der Waals surface area contributed by atoms with Crippen molar-refractivity contribution in [3.63, 3.8) is 0 Å². The lowest BCUT2D eigenvalue weighted by Gasteiger charge is -2.32. The van der Waals surface area contributed by atoms with Crippen LogP contribution in [0.1, 0.15) is 35.1 Å². The fourth-order valence-corrected chi connectivity index (χ4v) is 7.56. The van der Waals surface area contributed by atoms with Crippen molar-refractivity contribution in [2.24, 2.45) is 0 Å². The second-order valence-corrected chi connectivity index (χ2v) is 12.7. The van der Waals surface area contributed by atoms with E-state index in [1.807, 2.05) is 12.1 Å². The predicted molar refractivity (Wildman–Crippen MR) is 151 cm³/mol. The zero-order valence-corrected chi connectivity index (χ0v) is 24.4. The van der Waals surface area contributed by atoms with Gasteiger partial charge in [-0.25, -0.2) is 8.42 Å². The van der Waals surface area contributed by atoms with E-state index in [0.717, 1.165) is 51.3 Å². The molecule has 2 aromatic rings. The first kappa shape index (κ1) is 29.5. The van der Waals surface area contributed by atoms with Gasteiger partial charge in [0.25, 0.3) is 0 Å². The number of nitrogens with zero attached hydrogens (tertiary/aromatic N) is 2. The first-order chi connectivity index (χ1) is 18.7. The van der Waals surface area contributed by atoms with Crippen molar-refractivity contribution < 1.29 is 22.7 Å². The molecule has 2 heterocycles. The molecule has 9 nitrogen and oxygen atoms in total. The summed E-state index contributed by atoms with van der Waals surface area (Å²) in [4.78, 5) is 17.7. The van der Waals surface area contributed by atoms with Crippen LogP contribution in [0.15, 0.2) is 41.3 Å². The maximum absolute atomic E-state index is 13.8. The summed E-state index contributed by atoms with van der Waals surface area (Å²) in [5.74, 6) is 0.255. The number of benzene rings is 2. The topological polar surface area (TPSA) is 100 Å². The molecule has 2 aromatic carbocycles. The van der Waals surface area contributed by atoms with Crippen LogP contribution < -0.4 is 15.4 Å². The van der Waals surface area contributed by atoms with Gasteiger partial charge in [-0.2, -0.15) is 0 Å². The molecule has 2 fully saturated rings. The van der Waals surface area contributed by atoms with Crippen LogP contribution in [0.5, 0.6) is 5.75 Å². The largest absolute Gasteiger partial charge is 0.497 e. The molecule has 1 amide bonds. The molecule has 0 aromatic heterocycles. The van der Waals surface area contributed by atoms with Gasteiger partial charge in [0, 0.05) is 45.3 Å². The molecule has 0 spiro atoms. The fraction of sp³-hybridized carbons (Fsp3) is 0.552. The third-order valence-electron chi connectivity index (χ3n) is 7.58. The van der Waals surface area contributed by atoms with Gasteiger partial charge in [-0.3, -0.25) is 9.69 Å². The number of nitrogens with one attached hydrogen (secondary N) is 2. The lowest BCUT2D eigenvalue weighted by atomic mass is 10.1. The highest BCUT2D eigenvalue weighted by atomic mass is 32.2. The van der Waals surface area contributed by atoms with E-state index >= 15 is 0 Å². The molecule has 2 aliphatic heterocycles. The Hall–Kier alpha value is -2.50. The second kappa shape index (κ2) is 13.2. The number of hydrogen-bond acceptors (Lipinski definition) is 8. The number of carbonyl (C=O) groups is 1. The average molecular weight is 559 g/mol. The first-order valence-corrected chi connectivity index (χ1v) is 15.2. The molecule has 39 heavy (non-hydrogen) atoms. The molecule has 2 atom stereocenters. The smallest absolute Gasteiger partial charge is 0.246 e. The van der Waals surface area contributed by atoms with Gasteiger partial charge >= 0.3 is 0 Å². The van der Waals surface area contributed by atoms with Gasteiger partial charge in [-0.1, -0.05) is 24.3 Å². The molecule has 0 radical (unpaired) electrons. The highest BCUT2D eigenvalue weighted by Gasteiger charge is 2.39. The van der Waals surface area contributed by atoms with Crippen molar-refractivity contribution >= 4 is 15.7 Å². The average Bonchev–Trinajstić information content (AvgIpc) is 3.43. The lowest BCUT2D eigenvalue weighted by molar-refractivity contribution is -0.126. The van der Waals surface area contributed by atoms with Crippen LogP contribution in [0.3, 0.4) is 0 Å². The first-order valence-electron chi connectivity index (χ1n) is 13.7. The van der Waals surface area contributed by atoms with E-state index in [0.29, 0.717) is 29.8 Å². The van der Waals surface area contributed by atoms with E-state index in [9.17, 15) is 13.2 Å². The third kappa shape index (κ3) is 7.58. The molecule has 2 N–H and O–H groups in total. The molecule has 0 bridgehead atoms. The number of carbonyl (C=O) groups excluding carboxylic acids is 1. The SMILES string of the molecule is COc1cc(C)c(S(=O)(=O)C(OCC(=O)NCc2ccc(CN3CCN(C)CC3)cc2)C2CCCN2)c(C)c1. The van der Waals surface area contributed by atoms with Crippen molar-refractivity contribution in [3.8, 4) is 5.75 Å². The summed E-state index contributed by atoms with van der Waals surface area (Å²) in [6, 6.07) is 11.3. The van der Waals surface area contributed by atoms with Crippen LogP contribution >= 0.6 is 0 Å². The maximum Gasteiger partial charge on any atom is 0.246 e. The van der Waals surface area contributed by atoms with Crippen LogP contribution in [0.2, 0.25) is 0 Å². The van der Waals surface area contributed by atoms with Crippen molar-refractivity contribution in [1.82, 2.24) is 20.4 Å². The highest BCUT2D eigenvalue weighted by molar-refractivity contribution is 7.92. The Balaban J connectivity index is 1.35. The number of hydrogen-bond donors (Lipinski definition) is 2. The van der Waals surface area contributed by atoms with E-state index in [1.165, 1.54) is 5.56 Å². The molecule has 0 saturated carbocycles. The minimum absolute atomic E-state index is 0.235. The normalized spacial score (nSPS) is 19.6. The summed E-state index contributed by atoms with van der Waals surface area (Å²) in [5.41, 5.74) is 2.26. The van der Waals surface area contributed by atoms with Crippen molar-refractivity contribution in [1.29, 1.82) is 0 Å². The van der Waals surface area contributed by atoms with Gasteiger partial charge in [0.2, 0.25) is 15.7 Å². The minimum atomic E-state index is -3.88. The number of ether oxygens (including phenoxy) is 2. The summed E-state index contributed by atoms with van der Waals surface area (Å²) in [6.45, 7) is 9.48. The molecular formula is C29H42N4O5S. The van der Waals surface area contributed by atoms with Crippen molar-refractivity contribution in [2.75, 3.05) is 53.5 Å². The summed E-state index contributed by atoms with van der Waals surface area (Å²) in [5, 5.41) is 6.11. The quantitative estimate of drug-likeness (QED) is 0.433. The van der Waals surface area contributed by atoms with Crippen LogP contribution in [0, 0.1) is 13.8 Å². The molecule has 0 aliphatic carbocycles. The lowest BCUT2D eigenvalue weighted by Crippen LogP contribution is -2.44. The Morgan fingerprint density at radius 2 is 1.72 bits per heavy atom. The van der Waals surface area contributed by atoms with Gasteiger partial charge < -0.3 is 25.0 Å². The van der Waals surface area contributed by atoms with Crippen molar-refractivity contribution in [3.05, 3.63) is 58.7 Å². The van der Waals surface area contributed by atoms with Gasteiger partial charge in [-0.05, 0) is 74.7 Å². The highest BCUT2D eigenvalue weighted by Crippen LogP contribution is 2.31. The zero-order valence-electron chi connectivity index (χ0n) is 23.5. The number of piperazine rings is 1. The Kier molecular flexibility index (Phi) is 10.0. The summed E-state index contributed by atoms with van der Waals surface area (Å²) < 4.78 is 38.8.